The molecule has 2 aromatic carbocycles. The van der Waals surface area contributed by atoms with Crippen LogP contribution in [0, 0.1) is 0 Å². The molecule has 1 amide bonds. The molecular formula is C19H15Cl2N3O4. The molecule has 1 heterocycles. The third-order valence-corrected chi connectivity index (χ3v) is 4.44. The van der Waals surface area contributed by atoms with Gasteiger partial charge in [-0.3, -0.25) is 14.4 Å². The summed E-state index contributed by atoms with van der Waals surface area (Å²) in [6.07, 6.45) is -0.805. The van der Waals surface area contributed by atoms with E-state index in [1.54, 1.807) is 31.2 Å². The summed E-state index contributed by atoms with van der Waals surface area (Å²) in [5.41, 5.74) is 0.358. The van der Waals surface area contributed by atoms with Crippen LogP contribution in [0.1, 0.15) is 29.2 Å². The minimum Gasteiger partial charge on any atom is -0.453 e. The number of carbonyl (C=O) groups is 2. The highest BCUT2D eigenvalue weighted by molar-refractivity contribution is 6.36. The Morgan fingerprint density at radius 3 is 2.71 bits per heavy atom. The van der Waals surface area contributed by atoms with Crippen molar-refractivity contribution in [1.29, 1.82) is 0 Å². The standard InChI is InChI=1S/C19H15Cl2N3O4/c1-10(17-23-15-5-3-2-4-13(15)19(27)24-17)28-16(25)9-22-18(26)12-7-6-11(20)8-14(12)21/h2-8,10H,9H2,1H3,(H,22,26)(H,23,24,27). The maximum atomic E-state index is 12.1. The summed E-state index contributed by atoms with van der Waals surface area (Å²) >= 11 is 11.8. The quantitative estimate of drug-likeness (QED) is 0.617. The number of benzene rings is 2. The van der Waals surface area contributed by atoms with Crippen molar-refractivity contribution in [2.24, 2.45) is 0 Å². The zero-order valence-corrected chi connectivity index (χ0v) is 16.2. The van der Waals surface area contributed by atoms with E-state index < -0.39 is 18.0 Å². The van der Waals surface area contributed by atoms with Gasteiger partial charge in [0.05, 0.1) is 21.5 Å². The number of rotatable bonds is 5. The van der Waals surface area contributed by atoms with Crippen LogP contribution in [0.2, 0.25) is 10.0 Å². The number of carbonyl (C=O) groups excluding carboxylic acids is 2. The van der Waals surface area contributed by atoms with E-state index in [1.807, 2.05) is 0 Å². The average molecular weight is 420 g/mol. The van der Waals surface area contributed by atoms with E-state index in [0.29, 0.717) is 15.9 Å². The molecule has 1 unspecified atom stereocenters. The van der Waals surface area contributed by atoms with Crippen molar-refractivity contribution >= 4 is 46.0 Å². The van der Waals surface area contributed by atoms with Crippen molar-refractivity contribution in [3.05, 3.63) is 74.3 Å². The highest BCUT2D eigenvalue weighted by Gasteiger charge is 2.17. The zero-order valence-electron chi connectivity index (χ0n) is 14.7. The molecule has 3 aromatic rings. The van der Waals surface area contributed by atoms with Crippen molar-refractivity contribution < 1.29 is 14.3 Å². The molecule has 0 spiro atoms. The molecule has 0 bridgehead atoms. The molecule has 1 aromatic heterocycles. The van der Waals surface area contributed by atoms with Gasteiger partial charge in [0.1, 0.15) is 6.54 Å². The molecule has 0 saturated heterocycles. The second-order valence-electron chi connectivity index (χ2n) is 5.91. The molecular weight excluding hydrogens is 405 g/mol. The van der Waals surface area contributed by atoms with Gasteiger partial charge in [-0.25, -0.2) is 4.98 Å². The molecule has 0 fully saturated rings. The lowest BCUT2D eigenvalue weighted by atomic mass is 10.2. The van der Waals surface area contributed by atoms with Gasteiger partial charge in [0.15, 0.2) is 11.9 Å². The number of halogens is 2. The number of hydrogen-bond donors (Lipinski definition) is 2. The Bertz CT molecular complexity index is 1110. The number of amides is 1. The largest absolute Gasteiger partial charge is 0.453 e. The van der Waals surface area contributed by atoms with E-state index >= 15 is 0 Å². The Balaban J connectivity index is 1.63. The summed E-state index contributed by atoms with van der Waals surface area (Å²) in [4.78, 5) is 43.2. The van der Waals surface area contributed by atoms with Crippen LogP contribution in [0.5, 0.6) is 0 Å². The van der Waals surface area contributed by atoms with Crippen molar-refractivity contribution in [3.8, 4) is 0 Å². The van der Waals surface area contributed by atoms with E-state index in [0.717, 1.165) is 0 Å². The molecule has 2 N–H and O–H groups in total. The number of H-pyrrole nitrogens is 1. The zero-order chi connectivity index (χ0) is 20.3. The second-order valence-corrected chi connectivity index (χ2v) is 6.75. The van der Waals surface area contributed by atoms with Crippen molar-refractivity contribution in [2.45, 2.75) is 13.0 Å². The summed E-state index contributed by atoms with van der Waals surface area (Å²) in [5, 5.41) is 3.43. The smallest absolute Gasteiger partial charge is 0.326 e. The summed E-state index contributed by atoms with van der Waals surface area (Å²) in [7, 11) is 0. The van der Waals surface area contributed by atoms with E-state index in [4.69, 9.17) is 27.9 Å². The Labute approximate surface area is 169 Å². The molecule has 0 aliphatic rings. The number of fused-ring (bicyclic) bond motifs is 1. The molecule has 3 rings (SSSR count). The van der Waals surface area contributed by atoms with E-state index in [-0.39, 0.29) is 28.5 Å². The van der Waals surface area contributed by atoms with Crippen LogP contribution in [0.25, 0.3) is 10.9 Å². The Morgan fingerprint density at radius 2 is 1.96 bits per heavy atom. The van der Waals surface area contributed by atoms with Crippen LogP contribution in [-0.2, 0) is 9.53 Å². The SMILES string of the molecule is CC(OC(=O)CNC(=O)c1ccc(Cl)cc1Cl)c1nc2ccccc2c(=O)[nH]1. The first-order valence-corrected chi connectivity index (χ1v) is 9.02. The minimum atomic E-state index is -0.805. The fraction of sp³-hybridized carbons (Fsp3) is 0.158. The monoisotopic (exact) mass is 419 g/mol. The third kappa shape index (κ3) is 4.49. The Morgan fingerprint density at radius 1 is 1.21 bits per heavy atom. The van der Waals surface area contributed by atoms with E-state index in [2.05, 4.69) is 15.3 Å². The topological polar surface area (TPSA) is 101 Å². The molecule has 7 nitrogen and oxygen atoms in total. The van der Waals surface area contributed by atoms with Crippen molar-refractivity contribution in [3.63, 3.8) is 0 Å². The highest BCUT2D eigenvalue weighted by Crippen LogP contribution is 2.20. The van der Waals surface area contributed by atoms with Crippen LogP contribution in [0.4, 0.5) is 0 Å². The van der Waals surface area contributed by atoms with Gasteiger partial charge in [0, 0.05) is 5.02 Å². The van der Waals surface area contributed by atoms with Gasteiger partial charge in [-0.05, 0) is 37.3 Å². The van der Waals surface area contributed by atoms with Gasteiger partial charge >= 0.3 is 5.97 Å². The fourth-order valence-corrected chi connectivity index (χ4v) is 3.01. The third-order valence-electron chi connectivity index (χ3n) is 3.89. The first-order chi connectivity index (χ1) is 13.3. The lowest BCUT2D eigenvalue weighted by Crippen LogP contribution is -2.31. The van der Waals surface area contributed by atoms with Crippen LogP contribution in [0.15, 0.2) is 47.3 Å². The molecule has 9 heteroatoms. The predicted molar refractivity (Wildman–Crippen MR) is 106 cm³/mol. The maximum absolute atomic E-state index is 12.1. The van der Waals surface area contributed by atoms with Gasteiger partial charge in [0.2, 0.25) is 0 Å². The van der Waals surface area contributed by atoms with Crippen LogP contribution in [-0.4, -0.2) is 28.4 Å². The van der Waals surface area contributed by atoms with Gasteiger partial charge in [-0.15, -0.1) is 0 Å². The number of nitrogens with zero attached hydrogens (tertiary/aromatic N) is 1. The van der Waals surface area contributed by atoms with Crippen LogP contribution in [0.3, 0.4) is 0 Å². The number of aromatic amines is 1. The Kier molecular flexibility index (Phi) is 5.96. The molecule has 28 heavy (non-hydrogen) atoms. The summed E-state index contributed by atoms with van der Waals surface area (Å²) in [6.45, 7) is 1.20. The molecule has 144 valence electrons. The molecule has 0 aliphatic heterocycles. The predicted octanol–water partition coefficient (Wildman–Crippen LogP) is 3.26. The summed E-state index contributed by atoms with van der Waals surface area (Å²) < 4.78 is 5.24. The number of ether oxygens (including phenoxy) is 1. The maximum Gasteiger partial charge on any atom is 0.326 e. The van der Waals surface area contributed by atoms with Gasteiger partial charge < -0.3 is 15.0 Å². The van der Waals surface area contributed by atoms with Crippen molar-refractivity contribution in [1.82, 2.24) is 15.3 Å². The number of nitrogens with one attached hydrogen (secondary N) is 2. The highest BCUT2D eigenvalue weighted by atomic mass is 35.5. The lowest BCUT2D eigenvalue weighted by molar-refractivity contribution is -0.147. The molecule has 0 radical (unpaired) electrons. The average Bonchev–Trinajstić information content (AvgIpc) is 2.66. The van der Waals surface area contributed by atoms with Crippen LogP contribution >= 0.6 is 23.2 Å². The number of hydrogen-bond acceptors (Lipinski definition) is 5. The number of aromatic nitrogens is 2. The van der Waals surface area contributed by atoms with E-state index in [9.17, 15) is 14.4 Å². The Hall–Kier alpha value is -2.90. The molecule has 0 saturated carbocycles. The number of esters is 1. The fourth-order valence-electron chi connectivity index (χ4n) is 2.51. The van der Waals surface area contributed by atoms with Gasteiger partial charge in [0.25, 0.3) is 11.5 Å². The molecule has 1 atom stereocenters. The first-order valence-electron chi connectivity index (χ1n) is 8.27. The normalized spacial score (nSPS) is 11.8. The molecule has 0 aliphatic carbocycles. The van der Waals surface area contributed by atoms with Crippen molar-refractivity contribution in [2.75, 3.05) is 6.54 Å². The van der Waals surface area contributed by atoms with Gasteiger partial charge in [-0.2, -0.15) is 0 Å². The second kappa shape index (κ2) is 8.41. The first kappa shape index (κ1) is 19.9. The number of para-hydroxylation sites is 1. The summed E-state index contributed by atoms with van der Waals surface area (Å²) in [5.74, 6) is -1.02. The lowest BCUT2D eigenvalue weighted by Gasteiger charge is -2.13. The van der Waals surface area contributed by atoms with Gasteiger partial charge in [-0.1, -0.05) is 35.3 Å². The van der Waals surface area contributed by atoms with Crippen LogP contribution < -0.4 is 10.9 Å². The minimum absolute atomic E-state index is 0.171. The summed E-state index contributed by atoms with van der Waals surface area (Å²) in [6, 6.07) is 11.2. The van der Waals surface area contributed by atoms with E-state index in [1.165, 1.54) is 18.2 Å².